The number of carbonyl (C=O) groups excluding carboxylic acids is 5. The highest BCUT2D eigenvalue weighted by atomic mass is 35.5. The predicted molar refractivity (Wildman–Crippen MR) is 192 cm³/mol. The lowest BCUT2D eigenvalue weighted by molar-refractivity contribution is -0.142. The van der Waals surface area contributed by atoms with Gasteiger partial charge in [0, 0.05) is 35.3 Å². The Morgan fingerprint density at radius 1 is 0.961 bits per heavy atom. The lowest BCUT2D eigenvalue weighted by Crippen LogP contribution is -2.57. The quantitative estimate of drug-likeness (QED) is 0.136. The summed E-state index contributed by atoms with van der Waals surface area (Å²) in [6, 6.07) is 9.58. The molecule has 3 N–H and O–H groups in total. The highest BCUT2D eigenvalue weighted by Crippen LogP contribution is 2.23. The van der Waals surface area contributed by atoms with Gasteiger partial charge in [-0.15, -0.1) is 10.2 Å². The summed E-state index contributed by atoms with van der Waals surface area (Å²) in [6.07, 6.45) is 4.52. The van der Waals surface area contributed by atoms with Crippen LogP contribution in [0.1, 0.15) is 101 Å². The molecule has 1 saturated heterocycles. The lowest BCUT2D eigenvalue weighted by atomic mass is 9.96. The van der Waals surface area contributed by atoms with Crippen LogP contribution in [0.2, 0.25) is 5.02 Å². The van der Waals surface area contributed by atoms with E-state index in [2.05, 4.69) is 31.1 Å². The van der Waals surface area contributed by atoms with Gasteiger partial charge < -0.3 is 25.3 Å². The number of carbonyl (C=O) groups is 5. The molecule has 1 aliphatic rings. The monoisotopic (exact) mass is 721 g/mol. The van der Waals surface area contributed by atoms with Gasteiger partial charge in [-0.25, -0.2) is 0 Å². The highest BCUT2D eigenvalue weighted by molar-refractivity contribution is 6.30. The van der Waals surface area contributed by atoms with Crippen molar-refractivity contribution >= 4 is 41.0 Å². The van der Waals surface area contributed by atoms with Crippen molar-refractivity contribution in [1.82, 2.24) is 36.0 Å². The number of likely N-dealkylation sites (tertiary alicyclic amines) is 1. The molecule has 3 aromatic rings. The molecule has 4 amide bonds. The molecule has 3 heterocycles. The number of rotatable bonds is 16. The normalized spacial score (nSPS) is 15.8. The van der Waals surface area contributed by atoms with E-state index in [9.17, 15) is 24.0 Å². The molecule has 2 aromatic heterocycles. The number of amides is 4. The summed E-state index contributed by atoms with van der Waals surface area (Å²) < 4.78 is 5.66. The van der Waals surface area contributed by atoms with Crippen LogP contribution in [0.15, 0.2) is 53.1 Å². The molecule has 14 heteroatoms. The van der Waals surface area contributed by atoms with E-state index in [-0.39, 0.29) is 53.5 Å². The van der Waals surface area contributed by atoms with E-state index in [1.807, 2.05) is 45.9 Å². The number of aromatic nitrogens is 3. The summed E-state index contributed by atoms with van der Waals surface area (Å²) >= 11 is 5.98. The molecule has 0 spiro atoms. The molecule has 1 fully saturated rings. The Hall–Kier alpha value is -4.65. The van der Waals surface area contributed by atoms with Crippen LogP contribution in [0, 0.1) is 11.8 Å². The Kier molecular flexibility index (Phi) is 13.4. The zero-order chi connectivity index (χ0) is 37.3. The van der Waals surface area contributed by atoms with Crippen LogP contribution < -0.4 is 16.0 Å². The molecule has 0 saturated carbocycles. The molecule has 1 aromatic carbocycles. The number of nitrogens with one attached hydrogen (secondary N) is 3. The number of unbranched alkanes of at least 4 members (excludes halogenated alkanes) is 1. The van der Waals surface area contributed by atoms with E-state index in [1.165, 1.54) is 17.2 Å². The first-order valence-electron chi connectivity index (χ1n) is 17.4. The topological polar surface area (TPSA) is 176 Å². The van der Waals surface area contributed by atoms with Crippen LogP contribution in [0.4, 0.5) is 0 Å². The molecule has 0 unspecified atom stereocenters. The fraction of sp³-hybridized carbons (Fsp3) is 0.514. The fourth-order valence-electron chi connectivity index (χ4n) is 5.99. The second-order valence-electron chi connectivity index (χ2n) is 14.3. The maximum Gasteiger partial charge on any atom is 0.286 e. The first-order chi connectivity index (χ1) is 24.2. The van der Waals surface area contributed by atoms with Gasteiger partial charge in [0.1, 0.15) is 17.8 Å². The molecule has 0 bridgehead atoms. The summed E-state index contributed by atoms with van der Waals surface area (Å²) in [4.78, 5) is 72.1. The molecule has 274 valence electrons. The molecule has 1 aliphatic heterocycles. The molecule has 3 atom stereocenters. The van der Waals surface area contributed by atoms with Gasteiger partial charge in [0.2, 0.25) is 29.4 Å². The third-order valence-corrected chi connectivity index (χ3v) is 9.09. The molecule has 51 heavy (non-hydrogen) atoms. The Labute approximate surface area is 303 Å². The third kappa shape index (κ3) is 10.7. The average Bonchev–Trinajstić information content (AvgIpc) is 3.79. The molecule has 13 nitrogen and oxygen atoms in total. The summed E-state index contributed by atoms with van der Waals surface area (Å²) in [5, 5.41) is 17.0. The van der Waals surface area contributed by atoms with E-state index >= 15 is 0 Å². The zero-order valence-corrected chi connectivity index (χ0v) is 30.8. The molecule has 0 aliphatic carbocycles. The van der Waals surface area contributed by atoms with E-state index in [0.29, 0.717) is 49.2 Å². The van der Waals surface area contributed by atoms with Crippen LogP contribution in [0.3, 0.4) is 0 Å². The van der Waals surface area contributed by atoms with Crippen molar-refractivity contribution in [1.29, 1.82) is 0 Å². The first kappa shape index (κ1) is 39.1. The van der Waals surface area contributed by atoms with E-state index in [0.717, 1.165) is 0 Å². The molecular weight excluding hydrogens is 674 g/mol. The van der Waals surface area contributed by atoms with Crippen LogP contribution in [0.5, 0.6) is 0 Å². The van der Waals surface area contributed by atoms with Gasteiger partial charge >= 0.3 is 0 Å². The third-order valence-electron chi connectivity index (χ3n) is 8.85. The van der Waals surface area contributed by atoms with Gasteiger partial charge in [-0.1, -0.05) is 63.9 Å². The SMILES string of the molecule is CC(C)[C@H](NC(=O)[C@@H]1CCCN1C(=O)[C@@H](NC(=O)CCCCC(C)(C)NC(=O)c1cc(Cl)ccn1)C(C)C)C(=O)c1nnc(-c2ccccc2)o1. The van der Waals surface area contributed by atoms with Gasteiger partial charge in [0.05, 0.1) is 6.04 Å². The minimum absolute atomic E-state index is 0.195. The number of hydrogen-bond donors (Lipinski definition) is 3. The Morgan fingerprint density at radius 3 is 2.33 bits per heavy atom. The number of Topliss-reactive ketones (excluding diaryl/α,β-unsaturated/α-hetero) is 1. The standard InChI is InChI=1S/C37H48ClN7O6/c1-22(2)29(31(47)35-44-43-34(51-35)24-13-8-7-9-14-24)41-33(49)27-15-12-20-45(27)36(50)30(23(3)4)40-28(46)16-10-11-18-37(5,6)42-32(48)26-21-25(38)17-19-39-26/h7-9,13-14,17,19,21-23,27,29-30H,10-12,15-16,18,20H2,1-6H3,(H,40,46)(H,41,49)(H,42,48)/t27-,29-,30-/m0/s1. The van der Waals surface area contributed by atoms with Gasteiger partial charge in [-0.3, -0.25) is 29.0 Å². The number of pyridine rings is 1. The Bertz CT molecular complexity index is 1690. The maximum atomic E-state index is 13.8. The number of ketones is 1. The van der Waals surface area contributed by atoms with Gasteiger partial charge in [-0.05, 0) is 75.6 Å². The van der Waals surface area contributed by atoms with Crippen LogP contribution >= 0.6 is 11.6 Å². The summed E-state index contributed by atoms with van der Waals surface area (Å²) in [7, 11) is 0. The van der Waals surface area contributed by atoms with Crippen molar-refractivity contribution in [2.75, 3.05) is 6.54 Å². The van der Waals surface area contributed by atoms with Crippen molar-refractivity contribution in [2.24, 2.45) is 11.8 Å². The van der Waals surface area contributed by atoms with Crippen molar-refractivity contribution in [3.8, 4) is 11.5 Å². The largest absolute Gasteiger partial charge is 0.414 e. The first-order valence-corrected chi connectivity index (χ1v) is 17.8. The lowest BCUT2D eigenvalue weighted by Gasteiger charge is -2.31. The minimum Gasteiger partial charge on any atom is -0.414 e. The number of nitrogens with zero attached hydrogens (tertiary/aromatic N) is 4. The Balaban J connectivity index is 1.30. The smallest absolute Gasteiger partial charge is 0.286 e. The van der Waals surface area contributed by atoms with Crippen LogP contribution in [0.25, 0.3) is 11.5 Å². The molecule has 4 rings (SSSR count). The number of benzene rings is 1. The highest BCUT2D eigenvalue weighted by Gasteiger charge is 2.40. The number of hydrogen-bond acceptors (Lipinski definition) is 9. The van der Waals surface area contributed by atoms with Crippen molar-refractivity contribution in [3.63, 3.8) is 0 Å². The van der Waals surface area contributed by atoms with Gasteiger partial charge in [0.15, 0.2) is 0 Å². The van der Waals surface area contributed by atoms with Crippen molar-refractivity contribution in [2.45, 2.75) is 104 Å². The zero-order valence-electron chi connectivity index (χ0n) is 30.1. The van der Waals surface area contributed by atoms with Gasteiger partial charge in [0.25, 0.3) is 11.8 Å². The molecule has 0 radical (unpaired) electrons. The second kappa shape index (κ2) is 17.5. The van der Waals surface area contributed by atoms with Crippen molar-refractivity contribution in [3.05, 3.63) is 65.3 Å². The Morgan fingerprint density at radius 2 is 1.67 bits per heavy atom. The molecular formula is C37H48ClN7O6. The van der Waals surface area contributed by atoms with Crippen LogP contribution in [-0.4, -0.2) is 79.7 Å². The number of halogens is 1. The van der Waals surface area contributed by atoms with E-state index in [1.54, 1.807) is 32.0 Å². The minimum atomic E-state index is -0.952. The van der Waals surface area contributed by atoms with Crippen LogP contribution in [-0.2, 0) is 14.4 Å². The maximum absolute atomic E-state index is 13.8. The summed E-state index contributed by atoms with van der Waals surface area (Å²) in [6.45, 7) is 11.4. The second-order valence-corrected chi connectivity index (χ2v) is 14.7. The fourth-order valence-corrected chi connectivity index (χ4v) is 6.15. The summed E-state index contributed by atoms with van der Waals surface area (Å²) in [5.74, 6) is -2.46. The average molecular weight is 722 g/mol. The van der Waals surface area contributed by atoms with E-state index in [4.69, 9.17) is 16.0 Å². The van der Waals surface area contributed by atoms with Crippen molar-refractivity contribution < 1.29 is 28.4 Å². The predicted octanol–water partition coefficient (Wildman–Crippen LogP) is 5.01. The van der Waals surface area contributed by atoms with E-state index < -0.39 is 35.4 Å². The summed E-state index contributed by atoms with van der Waals surface area (Å²) in [5.41, 5.74) is 0.347. The van der Waals surface area contributed by atoms with Gasteiger partial charge in [-0.2, -0.15) is 0 Å².